The first kappa shape index (κ1) is 18.3. The maximum absolute atomic E-state index is 12.2. The maximum Gasteiger partial charge on any atom is 0.418 e. The molecule has 3 N–H and O–H groups in total. The summed E-state index contributed by atoms with van der Waals surface area (Å²) in [4.78, 5) is 30.6. The highest BCUT2D eigenvalue weighted by Gasteiger charge is 2.49. The monoisotopic (exact) mass is 380 g/mol. The molecule has 13 heteroatoms. The standard InChI is InChI=1S/C12H20N4O8S/c17-11(14-23-4-3-22-9-5-13-6-9)10-2-1-8-7-15(10)12(18)16(8)24-25(19,20)21/h8-10,13H,1-7H2,(H,14,17)(H,19,20,21)/t8?,10-/m0/s1. The molecule has 3 fully saturated rings. The van der Waals surface area contributed by atoms with Gasteiger partial charge in [-0.15, -0.1) is 4.28 Å². The van der Waals surface area contributed by atoms with Crippen molar-refractivity contribution in [3.63, 3.8) is 0 Å². The minimum atomic E-state index is -4.81. The number of urea groups is 1. The van der Waals surface area contributed by atoms with Crippen LogP contribution in [0, 0.1) is 0 Å². The van der Waals surface area contributed by atoms with Crippen LogP contribution in [0.3, 0.4) is 0 Å². The van der Waals surface area contributed by atoms with Gasteiger partial charge in [0.05, 0.1) is 25.4 Å². The van der Waals surface area contributed by atoms with Crippen molar-refractivity contribution < 1.29 is 36.4 Å². The van der Waals surface area contributed by atoms with E-state index >= 15 is 0 Å². The number of ether oxygens (including phenoxy) is 1. The summed E-state index contributed by atoms with van der Waals surface area (Å²) >= 11 is 0. The molecule has 0 aliphatic carbocycles. The average Bonchev–Trinajstić information content (AvgIpc) is 2.72. The van der Waals surface area contributed by atoms with Crippen LogP contribution in [0.5, 0.6) is 0 Å². The molecule has 2 bridgehead atoms. The molecular weight excluding hydrogens is 360 g/mol. The summed E-state index contributed by atoms with van der Waals surface area (Å²) in [6, 6.07) is -2.12. The van der Waals surface area contributed by atoms with E-state index in [9.17, 15) is 18.0 Å². The van der Waals surface area contributed by atoms with Crippen LogP contribution in [0.15, 0.2) is 0 Å². The number of hydroxylamine groups is 3. The molecule has 142 valence electrons. The smallest absolute Gasteiger partial charge is 0.373 e. The Morgan fingerprint density at radius 3 is 2.72 bits per heavy atom. The third-order valence-electron chi connectivity index (χ3n) is 4.26. The minimum absolute atomic E-state index is 0.129. The summed E-state index contributed by atoms with van der Waals surface area (Å²) < 4.78 is 40.1. The van der Waals surface area contributed by atoms with Gasteiger partial charge in [0.15, 0.2) is 0 Å². The van der Waals surface area contributed by atoms with Gasteiger partial charge in [-0.25, -0.2) is 10.3 Å². The predicted molar refractivity (Wildman–Crippen MR) is 80.1 cm³/mol. The Balaban J connectivity index is 1.45. The molecule has 0 radical (unpaired) electrons. The molecule has 0 spiro atoms. The van der Waals surface area contributed by atoms with Crippen molar-refractivity contribution in [2.24, 2.45) is 0 Å². The van der Waals surface area contributed by atoms with Crippen molar-refractivity contribution in [1.82, 2.24) is 20.8 Å². The number of amides is 3. The number of nitrogens with one attached hydrogen (secondary N) is 2. The van der Waals surface area contributed by atoms with Gasteiger partial charge in [-0.05, 0) is 12.8 Å². The molecule has 3 amide bonds. The van der Waals surface area contributed by atoms with E-state index in [0.717, 1.165) is 13.1 Å². The lowest BCUT2D eigenvalue weighted by Gasteiger charge is -2.29. The first-order chi connectivity index (χ1) is 11.8. The van der Waals surface area contributed by atoms with Crippen molar-refractivity contribution in [3.05, 3.63) is 0 Å². The number of carbonyl (C=O) groups excluding carboxylic acids is 2. The first-order valence-electron chi connectivity index (χ1n) is 7.86. The fourth-order valence-electron chi connectivity index (χ4n) is 2.93. The number of carbonyl (C=O) groups is 2. The van der Waals surface area contributed by atoms with Crippen LogP contribution in [0.1, 0.15) is 12.8 Å². The summed E-state index contributed by atoms with van der Waals surface area (Å²) in [5.74, 6) is -0.509. The molecule has 2 atom stereocenters. The molecule has 0 aromatic rings. The van der Waals surface area contributed by atoms with Crippen LogP contribution in [-0.4, -0.2) is 85.9 Å². The highest BCUT2D eigenvalue weighted by Crippen LogP contribution is 2.30. The fourth-order valence-corrected chi connectivity index (χ4v) is 3.32. The summed E-state index contributed by atoms with van der Waals surface area (Å²) in [6.07, 6.45) is 0.847. The molecule has 3 aliphatic rings. The molecular formula is C12H20N4O8S. The largest absolute Gasteiger partial charge is 0.418 e. The van der Waals surface area contributed by atoms with E-state index in [-0.39, 0.29) is 19.3 Å². The Morgan fingerprint density at radius 2 is 2.08 bits per heavy atom. The molecule has 3 rings (SSSR count). The van der Waals surface area contributed by atoms with Gasteiger partial charge >= 0.3 is 16.4 Å². The number of piperidine rings is 1. The van der Waals surface area contributed by atoms with Gasteiger partial charge in [0, 0.05) is 19.6 Å². The van der Waals surface area contributed by atoms with Crippen LogP contribution in [0.25, 0.3) is 0 Å². The minimum Gasteiger partial charge on any atom is -0.373 e. The van der Waals surface area contributed by atoms with Gasteiger partial charge < -0.3 is 15.0 Å². The Labute approximate surface area is 144 Å². The number of nitrogens with zero attached hydrogens (tertiary/aromatic N) is 2. The summed E-state index contributed by atoms with van der Waals surface area (Å²) in [5.41, 5.74) is 2.27. The Morgan fingerprint density at radius 1 is 1.32 bits per heavy atom. The summed E-state index contributed by atoms with van der Waals surface area (Å²) in [7, 11) is -4.81. The zero-order valence-electron chi connectivity index (χ0n) is 13.3. The van der Waals surface area contributed by atoms with E-state index in [4.69, 9.17) is 14.1 Å². The van der Waals surface area contributed by atoms with Crippen molar-refractivity contribution in [1.29, 1.82) is 0 Å². The third-order valence-corrected chi connectivity index (χ3v) is 4.60. The molecule has 0 aromatic carbocycles. The topological polar surface area (TPSA) is 147 Å². The number of hydrogen-bond donors (Lipinski definition) is 3. The third kappa shape index (κ3) is 4.37. The predicted octanol–water partition coefficient (Wildman–Crippen LogP) is -1.97. The zero-order valence-corrected chi connectivity index (χ0v) is 14.1. The van der Waals surface area contributed by atoms with Gasteiger partial charge in [-0.1, -0.05) is 0 Å². The van der Waals surface area contributed by atoms with E-state index in [1.54, 1.807) is 0 Å². The molecule has 0 aromatic heterocycles. The Kier molecular flexibility index (Phi) is 5.41. The molecule has 1 unspecified atom stereocenters. The van der Waals surface area contributed by atoms with Crippen LogP contribution in [-0.2, 0) is 29.1 Å². The average molecular weight is 380 g/mol. The Hall–Kier alpha value is -1.51. The van der Waals surface area contributed by atoms with E-state index in [1.165, 1.54) is 4.90 Å². The van der Waals surface area contributed by atoms with Crippen LogP contribution in [0.2, 0.25) is 0 Å². The lowest BCUT2D eigenvalue weighted by atomic mass is 10.0. The van der Waals surface area contributed by atoms with Crippen molar-refractivity contribution in [3.8, 4) is 0 Å². The number of hydrogen-bond acceptors (Lipinski definition) is 8. The zero-order chi connectivity index (χ0) is 18.0. The van der Waals surface area contributed by atoms with Crippen molar-refractivity contribution in [2.75, 3.05) is 32.8 Å². The van der Waals surface area contributed by atoms with E-state index in [0.29, 0.717) is 24.5 Å². The van der Waals surface area contributed by atoms with Crippen molar-refractivity contribution >= 4 is 22.3 Å². The summed E-state index contributed by atoms with van der Waals surface area (Å²) in [6.45, 7) is 2.23. The fraction of sp³-hybridized carbons (Fsp3) is 0.833. The van der Waals surface area contributed by atoms with E-state index in [1.807, 2.05) is 0 Å². The normalized spacial score (nSPS) is 26.7. The SMILES string of the molecule is O=C(NOCCOC1CNC1)[C@@H]1CCC2CN1C(=O)N2OS(=O)(=O)O. The number of fused-ring (bicyclic) bond motifs is 2. The van der Waals surface area contributed by atoms with E-state index in [2.05, 4.69) is 15.1 Å². The molecule has 25 heavy (non-hydrogen) atoms. The Bertz CT molecular complexity index is 625. The van der Waals surface area contributed by atoms with Gasteiger partial charge in [0.25, 0.3) is 5.91 Å². The van der Waals surface area contributed by atoms with Gasteiger partial charge in [0.1, 0.15) is 6.04 Å². The lowest BCUT2D eigenvalue weighted by molar-refractivity contribution is -0.140. The molecule has 3 saturated heterocycles. The second-order valence-electron chi connectivity index (χ2n) is 5.98. The molecule has 0 saturated carbocycles. The summed E-state index contributed by atoms with van der Waals surface area (Å²) in [5, 5.41) is 3.65. The van der Waals surface area contributed by atoms with Gasteiger partial charge in [0.2, 0.25) is 0 Å². The second kappa shape index (κ2) is 7.39. The van der Waals surface area contributed by atoms with Gasteiger partial charge in [-0.3, -0.25) is 14.2 Å². The highest BCUT2D eigenvalue weighted by atomic mass is 32.3. The molecule has 3 heterocycles. The second-order valence-corrected chi connectivity index (χ2v) is 6.98. The van der Waals surface area contributed by atoms with E-state index < -0.39 is 34.4 Å². The van der Waals surface area contributed by atoms with Gasteiger partial charge in [-0.2, -0.15) is 13.5 Å². The highest BCUT2D eigenvalue weighted by molar-refractivity contribution is 7.80. The first-order valence-corrected chi connectivity index (χ1v) is 9.22. The lowest BCUT2D eigenvalue weighted by Crippen LogP contribution is -2.50. The molecule has 12 nitrogen and oxygen atoms in total. The molecule has 3 aliphatic heterocycles. The quantitative estimate of drug-likeness (QED) is 0.248. The number of rotatable bonds is 8. The van der Waals surface area contributed by atoms with Crippen molar-refractivity contribution in [2.45, 2.75) is 31.0 Å². The maximum atomic E-state index is 12.2. The van der Waals surface area contributed by atoms with Crippen LogP contribution >= 0.6 is 0 Å². The van der Waals surface area contributed by atoms with Crippen LogP contribution in [0.4, 0.5) is 4.79 Å². The van der Waals surface area contributed by atoms with Crippen LogP contribution < -0.4 is 10.8 Å².